The molecule has 3 rings (SSSR count). The van der Waals surface area contributed by atoms with Crippen LogP contribution in [0.5, 0.6) is 5.75 Å². The van der Waals surface area contributed by atoms with E-state index in [0.717, 1.165) is 16.9 Å². The molecule has 0 radical (unpaired) electrons. The molecular formula is C19H18N4O2. The lowest BCUT2D eigenvalue weighted by Gasteiger charge is -2.10. The maximum absolute atomic E-state index is 12.2. The van der Waals surface area contributed by atoms with E-state index < -0.39 is 0 Å². The van der Waals surface area contributed by atoms with E-state index in [-0.39, 0.29) is 5.91 Å². The average molecular weight is 334 g/mol. The Bertz CT molecular complexity index is 870. The lowest BCUT2D eigenvalue weighted by atomic mass is 10.1. The highest BCUT2D eigenvalue weighted by atomic mass is 16.5. The number of nitrogens with zero attached hydrogens (tertiary/aromatic N) is 1. The van der Waals surface area contributed by atoms with Gasteiger partial charge in [0.05, 0.1) is 18.5 Å². The Morgan fingerprint density at radius 2 is 1.80 bits per heavy atom. The molecule has 25 heavy (non-hydrogen) atoms. The topological polar surface area (TPSA) is 79.0 Å². The Labute approximate surface area is 145 Å². The molecule has 0 saturated heterocycles. The quantitative estimate of drug-likeness (QED) is 0.606. The minimum atomic E-state index is -0.329. The number of hydrogen-bond donors (Lipinski definition) is 3. The molecule has 6 heteroatoms. The summed E-state index contributed by atoms with van der Waals surface area (Å²) in [4.78, 5) is 12.2. The van der Waals surface area contributed by atoms with Gasteiger partial charge in [0.25, 0.3) is 5.91 Å². The number of benzene rings is 2. The molecule has 0 saturated carbocycles. The third-order valence-corrected chi connectivity index (χ3v) is 3.66. The van der Waals surface area contributed by atoms with Gasteiger partial charge in [-0.3, -0.25) is 20.7 Å². The minimum Gasteiger partial charge on any atom is -0.497 e. The third-order valence-electron chi connectivity index (χ3n) is 3.66. The minimum absolute atomic E-state index is 0.329. The number of hydrogen-bond acceptors (Lipinski definition) is 4. The van der Waals surface area contributed by atoms with Gasteiger partial charge in [-0.05, 0) is 35.9 Å². The number of carbonyl (C=O) groups excluding carboxylic acids is 1. The maximum atomic E-state index is 12.2. The summed E-state index contributed by atoms with van der Waals surface area (Å²) in [5.74, 6) is 0.435. The van der Waals surface area contributed by atoms with Gasteiger partial charge in [0.15, 0.2) is 0 Å². The van der Waals surface area contributed by atoms with E-state index in [1.807, 2.05) is 54.6 Å². The predicted molar refractivity (Wildman–Crippen MR) is 96.7 cm³/mol. The molecular weight excluding hydrogens is 316 g/mol. The van der Waals surface area contributed by atoms with Crippen LogP contribution in [0, 0.1) is 0 Å². The van der Waals surface area contributed by atoms with Crippen molar-refractivity contribution >= 4 is 11.6 Å². The van der Waals surface area contributed by atoms with Crippen molar-refractivity contribution in [3.63, 3.8) is 0 Å². The van der Waals surface area contributed by atoms with Crippen molar-refractivity contribution in [2.45, 2.75) is 0 Å². The van der Waals surface area contributed by atoms with E-state index in [0.29, 0.717) is 17.1 Å². The fourth-order valence-corrected chi connectivity index (χ4v) is 2.26. The largest absolute Gasteiger partial charge is 0.497 e. The van der Waals surface area contributed by atoms with Crippen LogP contribution in [0.2, 0.25) is 0 Å². The number of aromatic amines is 1. The fraction of sp³-hybridized carbons (Fsp3) is 0.0526. The number of methoxy groups -OCH3 is 1. The smallest absolute Gasteiger partial charge is 0.287 e. The van der Waals surface area contributed by atoms with Crippen molar-refractivity contribution < 1.29 is 9.53 Å². The highest BCUT2D eigenvalue weighted by Gasteiger charge is 2.11. The van der Waals surface area contributed by atoms with E-state index in [9.17, 15) is 4.79 Å². The summed E-state index contributed by atoms with van der Waals surface area (Å²) in [6.07, 6.45) is 0. The molecule has 3 aromatic rings. The number of carbonyl (C=O) groups is 1. The number of amides is 1. The predicted octanol–water partition coefficient (Wildman–Crippen LogP) is 2.99. The molecule has 3 N–H and O–H groups in total. The number of nitrogens with one attached hydrogen (secondary N) is 3. The van der Waals surface area contributed by atoms with Crippen LogP contribution in [0.4, 0.5) is 0 Å². The highest BCUT2D eigenvalue weighted by Crippen LogP contribution is 2.21. The highest BCUT2D eigenvalue weighted by molar-refractivity contribution is 5.93. The summed E-state index contributed by atoms with van der Waals surface area (Å²) in [6, 6.07) is 18.7. The van der Waals surface area contributed by atoms with Crippen LogP contribution < -0.4 is 15.6 Å². The van der Waals surface area contributed by atoms with Gasteiger partial charge >= 0.3 is 0 Å². The molecule has 0 bridgehead atoms. The second-order valence-corrected chi connectivity index (χ2v) is 5.32. The molecule has 0 aliphatic heterocycles. The van der Waals surface area contributed by atoms with Gasteiger partial charge in [-0.1, -0.05) is 36.9 Å². The SMILES string of the molecule is C=C(NNC(=O)c1cc(-c2ccc(OC)cc2)n[nH]1)c1ccccc1. The van der Waals surface area contributed by atoms with E-state index in [4.69, 9.17) is 4.74 Å². The first kappa shape index (κ1) is 16.3. The normalized spacial score (nSPS) is 10.1. The average Bonchev–Trinajstić information content (AvgIpc) is 3.17. The van der Waals surface area contributed by atoms with E-state index in [1.165, 1.54) is 0 Å². The fourth-order valence-electron chi connectivity index (χ4n) is 2.26. The molecule has 126 valence electrons. The Hall–Kier alpha value is -3.54. The van der Waals surface area contributed by atoms with Gasteiger partial charge in [-0.2, -0.15) is 5.10 Å². The van der Waals surface area contributed by atoms with Crippen molar-refractivity contribution in [2.24, 2.45) is 0 Å². The zero-order valence-electron chi connectivity index (χ0n) is 13.7. The number of H-pyrrole nitrogens is 1. The number of rotatable bonds is 6. The zero-order valence-corrected chi connectivity index (χ0v) is 13.7. The van der Waals surface area contributed by atoms with Crippen LogP contribution in [-0.4, -0.2) is 23.2 Å². The van der Waals surface area contributed by atoms with Gasteiger partial charge in [-0.25, -0.2) is 0 Å². The number of ether oxygens (including phenoxy) is 1. The van der Waals surface area contributed by atoms with Crippen molar-refractivity contribution in [1.29, 1.82) is 0 Å². The van der Waals surface area contributed by atoms with Crippen LogP contribution >= 0.6 is 0 Å². The zero-order chi connectivity index (χ0) is 17.6. The van der Waals surface area contributed by atoms with E-state index in [1.54, 1.807) is 13.2 Å². The van der Waals surface area contributed by atoms with Crippen molar-refractivity contribution in [3.8, 4) is 17.0 Å². The first-order chi connectivity index (χ1) is 12.2. The van der Waals surface area contributed by atoms with Crippen LogP contribution in [0.3, 0.4) is 0 Å². The molecule has 2 aromatic carbocycles. The summed E-state index contributed by atoms with van der Waals surface area (Å²) in [5.41, 5.74) is 8.81. The Morgan fingerprint density at radius 1 is 1.08 bits per heavy atom. The van der Waals surface area contributed by atoms with Gasteiger partial charge in [0.2, 0.25) is 0 Å². The molecule has 0 atom stereocenters. The lowest BCUT2D eigenvalue weighted by molar-refractivity contribution is 0.0937. The monoisotopic (exact) mass is 334 g/mol. The summed E-state index contributed by atoms with van der Waals surface area (Å²) < 4.78 is 5.13. The lowest BCUT2D eigenvalue weighted by Crippen LogP contribution is -2.36. The third kappa shape index (κ3) is 3.87. The first-order valence-corrected chi connectivity index (χ1v) is 7.68. The second kappa shape index (κ2) is 7.35. The second-order valence-electron chi connectivity index (χ2n) is 5.32. The van der Waals surface area contributed by atoms with Crippen molar-refractivity contribution in [1.82, 2.24) is 21.0 Å². The van der Waals surface area contributed by atoms with Gasteiger partial charge in [0.1, 0.15) is 11.4 Å². The van der Waals surface area contributed by atoms with Gasteiger partial charge in [0, 0.05) is 5.56 Å². The molecule has 1 amide bonds. The van der Waals surface area contributed by atoms with Crippen molar-refractivity contribution in [3.05, 3.63) is 78.5 Å². The Kier molecular flexibility index (Phi) is 4.80. The Balaban J connectivity index is 1.63. The molecule has 0 spiro atoms. The van der Waals surface area contributed by atoms with E-state index >= 15 is 0 Å². The van der Waals surface area contributed by atoms with Crippen LogP contribution in [0.1, 0.15) is 16.1 Å². The maximum Gasteiger partial charge on any atom is 0.287 e. The van der Waals surface area contributed by atoms with Crippen LogP contribution in [0.25, 0.3) is 17.0 Å². The molecule has 0 aliphatic carbocycles. The van der Waals surface area contributed by atoms with Crippen LogP contribution in [0.15, 0.2) is 67.2 Å². The van der Waals surface area contributed by atoms with Gasteiger partial charge < -0.3 is 4.74 Å². The summed E-state index contributed by atoms with van der Waals surface area (Å²) in [6.45, 7) is 3.90. The Morgan fingerprint density at radius 3 is 2.48 bits per heavy atom. The van der Waals surface area contributed by atoms with Crippen LogP contribution in [-0.2, 0) is 0 Å². The molecule has 1 aromatic heterocycles. The molecule has 0 fully saturated rings. The summed E-state index contributed by atoms with van der Waals surface area (Å²) >= 11 is 0. The molecule has 0 aliphatic rings. The number of aromatic nitrogens is 2. The number of hydrazine groups is 1. The van der Waals surface area contributed by atoms with Crippen molar-refractivity contribution in [2.75, 3.05) is 7.11 Å². The van der Waals surface area contributed by atoms with E-state index in [2.05, 4.69) is 27.6 Å². The first-order valence-electron chi connectivity index (χ1n) is 7.68. The molecule has 0 unspecified atom stereocenters. The standard InChI is InChI=1S/C19H18N4O2/c1-13(14-6-4-3-5-7-14)20-23-19(24)18-12-17(21-22-18)15-8-10-16(25-2)11-9-15/h3-12,20H,1H2,2H3,(H,21,22)(H,23,24). The summed E-state index contributed by atoms with van der Waals surface area (Å²) in [7, 11) is 1.61. The summed E-state index contributed by atoms with van der Waals surface area (Å²) in [5, 5.41) is 6.90. The molecule has 1 heterocycles. The van der Waals surface area contributed by atoms with Gasteiger partial charge in [-0.15, -0.1) is 0 Å². The molecule has 6 nitrogen and oxygen atoms in total.